The average Bonchev–Trinajstić information content (AvgIpc) is 2.77. The van der Waals surface area contributed by atoms with Crippen LogP contribution >= 0.6 is 0 Å². The lowest BCUT2D eigenvalue weighted by Gasteiger charge is -2.39. The highest BCUT2D eigenvalue weighted by molar-refractivity contribution is 6.00. The van der Waals surface area contributed by atoms with Gasteiger partial charge < -0.3 is 5.11 Å². The fraction of sp³-hybridized carbons (Fsp3) is 0.240. The molecule has 3 aromatic rings. The van der Waals surface area contributed by atoms with Gasteiger partial charge in [0.05, 0.1) is 11.8 Å². The zero-order valence-corrected chi connectivity index (χ0v) is 16.8. The van der Waals surface area contributed by atoms with Gasteiger partial charge in [-0.15, -0.1) is 0 Å². The summed E-state index contributed by atoms with van der Waals surface area (Å²) in [5.41, 5.74) is 4.28. The first-order valence-electron chi connectivity index (χ1n) is 10.1. The molecule has 4 nitrogen and oxygen atoms in total. The zero-order chi connectivity index (χ0) is 20.1. The molecule has 0 spiro atoms. The van der Waals surface area contributed by atoms with E-state index in [9.17, 15) is 5.11 Å². The minimum atomic E-state index is 0.253. The summed E-state index contributed by atoms with van der Waals surface area (Å²) in [7, 11) is 0. The van der Waals surface area contributed by atoms with Crippen LogP contribution in [0.15, 0.2) is 90.0 Å². The molecule has 1 aliphatic heterocycles. The van der Waals surface area contributed by atoms with E-state index < -0.39 is 0 Å². The van der Waals surface area contributed by atoms with Crippen LogP contribution in [0.3, 0.4) is 0 Å². The molecule has 0 radical (unpaired) electrons. The molecule has 3 aromatic carbocycles. The Bertz CT molecular complexity index is 909. The van der Waals surface area contributed by atoms with Crippen LogP contribution in [0.1, 0.15) is 29.7 Å². The van der Waals surface area contributed by atoms with E-state index in [1.807, 2.05) is 25.1 Å². The van der Waals surface area contributed by atoms with Gasteiger partial charge in [0.2, 0.25) is 0 Å². The molecular weight excluding hydrogens is 358 g/mol. The molecular formula is C25H27N3O. The van der Waals surface area contributed by atoms with Crippen LogP contribution in [0, 0.1) is 0 Å². The standard InChI is InChI=1S/C25H27N3O/c1-20(23-14-8-9-15-24(23)29)26-28-18-16-27(17-19-28)25(21-10-4-2-5-11-21)22-12-6-3-7-13-22/h2-15,25,29H,16-19H2,1H3/b26-20+. The topological polar surface area (TPSA) is 39.1 Å². The second kappa shape index (κ2) is 8.93. The van der Waals surface area contributed by atoms with Gasteiger partial charge in [-0.05, 0) is 30.2 Å². The SMILES string of the molecule is C/C(=N\N1CCN(C(c2ccccc2)c2ccccc2)CC1)c1ccccc1O. The van der Waals surface area contributed by atoms with Gasteiger partial charge in [-0.2, -0.15) is 5.10 Å². The highest BCUT2D eigenvalue weighted by Crippen LogP contribution is 2.29. The summed E-state index contributed by atoms with van der Waals surface area (Å²) in [6.45, 7) is 5.55. The smallest absolute Gasteiger partial charge is 0.124 e. The fourth-order valence-corrected chi connectivity index (χ4v) is 4.00. The third kappa shape index (κ3) is 4.49. The number of hydrogen-bond donors (Lipinski definition) is 1. The molecule has 29 heavy (non-hydrogen) atoms. The van der Waals surface area contributed by atoms with Crippen molar-refractivity contribution in [2.45, 2.75) is 13.0 Å². The number of para-hydroxylation sites is 1. The van der Waals surface area contributed by atoms with Crippen LogP contribution in [-0.2, 0) is 0 Å². The molecule has 0 atom stereocenters. The minimum Gasteiger partial charge on any atom is -0.507 e. The summed E-state index contributed by atoms with van der Waals surface area (Å²) in [5, 5.41) is 17.0. The van der Waals surface area contributed by atoms with Crippen molar-refractivity contribution in [2.24, 2.45) is 5.10 Å². The average molecular weight is 386 g/mol. The van der Waals surface area contributed by atoms with Crippen LogP contribution in [0.5, 0.6) is 5.75 Å². The van der Waals surface area contributed by atoms with Crippen molar-refractivity contribution in [1.82, 2.24) is 9.91 Å². The Balaban J connectivity index is 1.50. The molecule has 1 saturated heterocycles. The van der Waals surface area contributed by atoms with Gasteiger partial charge in [-0.25, -0.2) is 0 Å². The molecule has 4 heteroatoms. The fourth-order valence-electron chi connectivity index (χ4n) is 4.00. The van der Waals surface area contributed by atoms with Gasteiger partial charge in [-0.1, -0.05) is 72.8 Å². The van der Waals surface area contributed by atoms with Crippen LogP contribution in [0.2, 0.25) is 0 Å². The molecule has 0 aliphatic carbocycles. The molecule has 1 aliphatic rings. The summed E-state index contributed by atoms with van der Waals surface area (Å²) in [6.07, 6.45) is 0. The number of phenols is 1. The van der Waals surface area contributed by atoms with E-state index in [1.165, 1.54) is 11.1 Å². The lowest BCUT2D eigenvalue weighted by atomic mass is 9.96. The van der Waals surface area contributed by atoms with E-state index in [-0.39, 0.29) is 11.8 Å². The van der Waals surface area contributed by atoms with E-state index in [2.05, 4.69) is 70.6 Å². The number of piperazine rings is 1. The summed E-state index contributed by atoms with van der Waals surface area (Å²) in [6, 6.07) is 29.1. The first kappa shape index (κ1) is 19.2. The van der Waals surface area contributed by atoms with Crippen molar-refractivity contribution in [1.29, 1.82) is 0 Å². The van der Waals surface area contributed by atoms with Crippen molar-refractivity contribution in [3.63, 3.8) is 0 Å². The van der Waals surface area contributed by atoms with Gasteiger partial charge >= 0.3 is 0 Å². The predicted octanol–water partition coefficient (Wildman–Crippen LogP) is 4.52. The predicted molar refractivity (Wildman–Crippen MR) is 118 cm³/mol. The quantitative estimate of drug-likeness (QED) is 0.656. The van der Waals surface area contributed by atoms with E-state index in [4.69, 9.17) is 5.10 Å². The third-order valence-corrected chi connectivity index (χ3v) is 5.47. The molecule has 0 unspecified atom stereocenters. The Hall–Kier alpha value is -3.11. The largest absolute Gasteiger partial charge is 0.507 e. The van der Waals surface area contributed by atoms with Crippen LogP contribution in [0.25, 0.3) is 0 Å². The summed E-state index contributed by atoms with van der Waals surface area (Å²) < 4.78 is 0. The molecule has 4 rings (SSSR count). The van der Waals surface area contributed by atoms with E-state index in [0.717, 1.165) is 37.5 Å². The third-order valence-electron chi connectivity index (χ3n) is 5.47. The zero-order valence-electron chi connectivity index (χ0n) is 16.8. The molecule has 0 amide bonds. The van der Waals surface area contributed by atoms with Crippen LogP contribution < -0.4 is 0 Å². The van der Waals surface area contributed by atoms with Crippen LogP contribution in [-0.4, -0.2) is 46.9 Å². The second-order valence-corrected chi connectivity index (χ2v) is 7.42. The first-order chi connectivity index (χ1) is 14.2. The van der Waals surface area contributed by atoms with E-state index >= 15 is 0 Å². The maximum absolute atomic E-state index is 10.1. The lowest BCUT2D eigenvalue weighted by molar-refractivity contribution is 0.112. The number of hydrogen-bond acceptors (Lipinski definition) is 4. The maximum atomic E-state index is 10.1. The number of phenolic OH excluding ortho intramolecular Hbond substituents is 1. The van der Waals surface area contributed by atoms with Crippen LogP contribution in [0.4, 0.5) is 0 Å². The number of benzene rings is 3. The Morgan fingerprint density at radius 3 is 1.83 bits per heavy atom. The van der Waals surface area contributed by atoms with Gasteiger partial charge in [0.1, 0.15) is 5.75 Å². The van der Waals surface area contributed by atoms with E-state index in [0.29, 0.717) is 0 Å². The lowest BCUT2D eigenvalue weighted by Crippen LogP contribution is -2.46. The Morgan fingerprint density at radius 1 is 0.759 bits per heavy atom. The number of aromatic hydroxyl groups is 1. The Morgan fingerprint density at radius 2 is 1.28 bits per heavy atom. The van der Waals surface area contributed by atoms with Crippen molar-refractivity contribution in [3.05, 3.63) is 102 Å². The summed E-state index contributed by atoms with van der Waals surface area (Å²) >= 11 is 0. The first-order valence-corrected chi connectivity index (χ1v) is 10.1. The van der Waals surface area contributed by atoms with E-state index in [1.54, 1.807) is 6.07 Å². The Kier molecular flexibility index (Phi) is 5.92. The number of rotatable bonds is 5. The number of nitrogens with zero attached hydrogens (tertiary/aromatic N) is 3. The highest BCUT2D eigenvalue weighted by atomic mass is 16.3. The monoisotopic (exact) mass is 385 g/mol. The molecule has 1 heterocycles. The summed E-state index contributed by atoms with van der Waals surface area (Å²) in [5.74, 6) is 0.278. The molecule has 148 valence electrons. The summed E-state index contributed by atoms with van der Waals surface area (Å²) in [4.78, 5) is 2.53. The Labute approximate surface area is 172 Å². The molecule has 0 aromatic heterocycles. The normalized spacial score (nSPS) is 15.7. The van der Waals surface area contributed by atoms with Gasteiger partial charge in [0.25, 0.3) is 0 Å². The van der Waals surface area contributed by atoms with Crippen molar-refractivity contribution in [2.75, 3.05) is 26.2 Å². The van der Waals surface area contributed by atoms with Crippen molar-refractivity contribution in [3.8, 4) is 5.75 Å². The highest BCUT2D eigenvalue weighted by Gasteiger charge is 2.26. The van der Waals surface area contributed by atoms with Gasteiger partial charge in [-0.3, -0.25) is 9.91 Å². The second-order valence-electron chi connectivity index (χ2n) is 7.42. The van der Waals surface area contributed by atoms with Gasteiger partial charge in [0.15, 0.2) is 0 Å². The van der Waals surface area contributed by atoms with Crippen molar-refractivity contribution < 1.29 is 5.11 Å². The molecule has 1 fully saturated rings. The molecule has 0 bridgehead atoms. The maximum Gasteiger partial charge on any atom is 0.124 e. The minimum absolute atomic E-state index is 0.253. The number of hydrazone groups is 1. The van der Waals surface area contributed by atoms with Crippen molar-refractivity contribution >= 4 is 5.71 Å². The molecule has 0 saturated carbocycles. The molecule has 1 N–H and O–H groups in total. The van der Waals surface area contributed by atoms with Gasteiger partial charge in [0, 0.05) is 31.7 Å².